The molecule has 2 atom stereocenters. The Morgan fingerprint density at radius 3 is 2.47 bits per heavy atom. The van der Waals surface area contributed by atoms with E-state index in [-0.39, 0.29) is 0 Å². The van der Waals surface area contributed by atoms with Crippen LogP contribution in [0, 0.1) is 20.8 Å². The molecule has 0 saturated carbocycles. The number of hydrogen-bond acceptors (Lipinski definition) is 2. The van der Waals surface area contributed by atoms with Crippen molar-refractivity contribution in [1.82, 2.24) is 4.90 Å². The van der Waals surface area contributed by atoms with E-state index in [2.05, 4.69) is 60.7 Å². The number of ether oxygens (including phenoxy) is 1. The molecule has 0 bridgehead atoms. The van der Waals surface area contributed by atoms with Gasteiger partial charge in [0.2, 0.25) is 0 Å². The lowest BCUT2D eigenvalue weighted by atomic mass is 9.98. The lowest BCUT2D eigenvalue weighted by molar-refractivity contribution is -0.0501. The van der Waals surface area contributed by atoms with E-state index < -0.39 is 0 Å². The van der Waals surface area contributed by atoms with Crippen molar-refractivity contribution in [3.8, 4) is 0 Å². The zero-order chi connectivity index (χ0) is 14.0. The van der Waals surface area contributed by atoms with Gasteiger partial charge in [-0.3, -0.25) is 4.90 Å². The van der Waals surface area contributed by atoms with E-state index >= 15 is 0 Å². The first-order valence-corrected chi connectivity index (χ1v) is 8.11. The van der Waals surface area contributed by atoms with Gasteiger partial charge in [-0.1, -0.05) is 33.6 Å². The molecule has 0 N–H and O–H groups in total. The van der Waals surface area contributed by atoms with Gasteiger partial charge in [0, 0.05) is 24.5 Å². The van der Waals surface area contributed by atoms with Crippen LogP contribution >= 0.6 is 15.9 Å². The number of aryl methyl sites for hydroxylation is 3. The summed E-state index contributed by atoms with van der Waals surface area (Å²) in [4.78, 5) is 2.54. The number of halogens is 1. The first-order valence-electron chi connectivity index (χ1n) is 6.99. The van der Waals surface area contributed by atoms with E-state index in [0.29, 0.717) is 12.1 Å². The van der Waals surface area contributed by atoms with Gasteiger partial charge in [0.15, 0.2) is 0 Å². The van der Waals surface area contributed by atoms with Crippen LogP contribution in [-0.2, 0) is 11.3 Å². The van der Waals surface area contributed by atoms with Gasteiger partial charge in [0.1, 0.15) is 0 Å². The van der Waals surface area contributed by atoms with Crippen molar-refractivity contribution in [1.29, 1.82) is 0 Å². The SMILES string of the molecule is Cc1cc(C)c(CN2CC(CBr)OCC2C)c(C)c1. The van der Waals surface area contributed by atoms with E-state index in [4.69, 9.17) is 4.74 Å². The molecule has 0 amide bonds. The third-order valence-corrected chi connectivity index (χ3v) is 4.73. The van der Waals surface area contributed by atoms with Crippen LogP contribution in [0.2, 0.25) is 0 Å². The molecule has 0 aromatic heterocycles. The Kier molecular flexibility index (Phi) is 5.04. The molecule has 19 heavy (non-hydrogen) atoms. The highest BCUT2D eigenvalue weighted by Gasteiger charge is 2.26. The molecule has 1 heterocycles. The molecule has 106 valence electrons. The van der Waals surface area contributed by atoms with Crippen LogP contribution in [-0.4, -0.2) is 35.5 Å². The second-order valence-electron chi connectivity index (χ2n) is 5.77. The van der Waals surface area contributed by atoms with Crippen LogP contribution in [0.15, 0.2) is 12.1 Å². The molecule has 2 nitrogen and oxygen atoms in total. The van der Waals surface area contributed by atoms with Crippen molar-refractivity contribution in [2.45, 2.75) is 46.4 Å². The number of alkyl halides is 1. The maximum atomic E-state index is 5.80. The zero-order valence-electron chi connectivity index (χ0n) is 12.4. The van der Waals surface area contributed by atoms with Gasteiger partial charge in [0.05, 0.1) is 12.7 Å². The highest BCUT2D eigenvalue weighted by Crippen LogP contribution is 2.22. The quantitative estimate of drug-likeness (QED) is 0.787. The summed E-state index contributed by atoms with van der Waals surface area (Å²) in [5, 5.41) is 0.919. The van der Waals surface area contributed by atoms with Crippen LogP contribution in [0.5, 0.6) is 0 Å². The summed E-state index contributed by atoms with van der Waals surface area (Å²) < 4.78 is 5.80. The molecular formula is C16H24BrNO. The topological polar surface area (TPSA) is 12.5 Å². The van der Waals surface area contributed by atoms with Gasteiger partial charge in [0.25, 0.3) is 0 Å². The van der Waals surface area contributed by atoms with Crippen molar-refractivity contribution in [3.05, 3.63) is 34.4 Å². The summed E-state index contributed by atoms with van der Waals surface area (Å²) in [6.07, 6.45) is 0.322. The highest BCUT2D eigenvalue weighted by molar-refractivity contribution is 9.09. The minimum absolute atomic E-state index is 0.322. The molecule has 0 radical (unpaired) electrons. The number of rotatable bonds is 3. The fraction of sp³-hybridized carbons (Fsp3) is 0.625. The molecule has 1 aromatic rings. The summed E-state index contributed by atoms with van der Waals surface area (Å²) in [6, 6.07) is 5.07. The molecular weight excluding hydrogens is 302 g/mol. The molecule has 1 aliphatic heterocycles. The number of benzene rings is 1. The third kappa shape index (κ3) is 3.59. The number of morpholine rings is 1. The van der Waals surface area contributed by atoms with Crippen LogP contribution in [0.25, 0.3) is 0 Å². The van der Waals surface area contributed by atoms with Crippen molar-refractivity contribution in [2.24, 2.45) is 0 Å². The average molecular weight is 326 g/mol. The van der Waals surface area contributed by atoms with Crippen LogP contribution in [0.4, 0.5) is 0 Å². The lowest BCUT2D eigenvalue weighted by Crippen LogP contribution is -2.48. The Hall–Kier alpha value is -0.380. The smallest absolute Gasteiger partial charge is 0.0799 e. The average Bonchev–Trinajstić information content (AvgIpc) is 2.35. The largest absolute Gasteiger partial charge is 0.374 e. The second kappa shape index (κ2) is 6.38. The van der Waals surface area contributed by atoms with Crippen molar-refractivity contribution >= 4 is 15.9 Å². The Balaban J connectivity index is 2.15. The first-order chi connectivity index (χ1) is 9.01. The number of nitrogens with zero attached hydrogens (tertiary/aromatic N) is 1. The zero-order valence-corrected chi connectivity index (χ0v) is 14.0. The Morgan fingerprint density at radius 1 is 1.26 bits per heavy atom. The van der Waals surface area contributed by atoms with E-state index in [1.165, 1.54) is 22.3 Å². The third-order valence-electron chi connectivity index (χ3n) is 4.01. The molecule has 1 fully saturated rings. The van der Waals surface area contributed by atoms with Gasteiger partial charge in [-0.05, 0) is 44.4 Å². The normalized spacial score (nSPS) is 24.7. The lowest BCUT2D eigenvalue weighted by Gasteiger charge is -2.38. The van der Waals surface area contributed by atoms with Crippen LogP contribution in [0.3, 0.4) is 0 Å². The van der Waals surface area contributed by atoms with Gasteiger partial charge in [-0.2, -0.15) is 0 Å². The van der Waals surface area contributed by atoms with Crippen LogP contribution in [0.1, 0.15) is 29.2 Å². The molecule has 1 saturated heterocycles. The van der Waals surface area contributed by atoms with Crippen LogP contribution < -0.4 is 0 Å². The van der Waals surface area contributed by atoms with E-state index in [1.807, 2.05) is 0 Å². The van der Waals surface area contributed by atoms with Crippen molar-refractivity contribution in [2.75, 3.05) is 18.5 Å². The Morgan fingerprint density at radius 2 is 1.89 bits per heavy atom. The minimum Gasteiger partial charge on any atom is -0.374 e. The fourth-order valence-corrected chi connectivity index (χ4v) is 3.24. The Labute approximate surface area is 125 Å². The van der Waals surface area contributed by atoms with Gasteiger partial charge < -0.3 is 4.74 Å². The molecule has 0 spiro atoms. The monoisotopic (exact) mass is 325 g/mol. The minimum atomic E-state index is 0.322. The predicted molar refractivity (Wildman–Crippen MR) is 84.1 cm³/mol. The summed E-state index contributed by atoms with van der Waals surface area (Å²) in [7, 11) is 0. The predicted octanol–water partition coefficient (Wildman–Crippen LogP) is 3.60. The summed E-state index contributed by atoms with van der Waals surface area (Å²) >= 11 is 3.53. The van der Waals surface area contributed by atoms with Crippen molar-refractivity contribution in [3.63, 3.8) is 0 Å². The van der Waals surface area contributed by atoms with E-state index in [1.54, 1.807) is 0 Å². The molecule has 3 heteroatoms. The van der Waals surface area contributed by atoms with E-state index in [0.717, 1.165) is 25.0 Å². The van der Waals surface area contributed by atoms with E-state index in [9.17, 15) is 0 Å². The molecule has 0 aliphatic carbocycles. The Bertz CT molecular complexity index is 423. The molecule has 1 aliphatic rings. The summed E-state index contributed by atoms with van der Waals surface area (Å²) in [5.74, 6) is 0. The maximum Gasteiger partial charge on any atom is 0.0799 e. The van der Waals surface area contributed by atoms with Gasteiger partial charge in [-0.15, -0.1) is 0 Å². The van der Waals surface area contributed by atoms with Gasteiger partial charge >= 0.3 is 0 Å². The van der Waals surface area contributed by atoms with Crippen molar-refractivity contribution < 1.29 is 4.74 Å². The molecule has 2 unspecified atom stereocenters. The molecule has 2 rings (SSSR count). The molecule has 1 aromatic carbocycles. The first kappa shape index (κ1) is 15.0. The second-order valence-corrected chi connectivity index (χ2v) is 6.41. The standard InChI is InChI=1S/C16H24BrNO/c1-11-5-12(2)16(13(3)6-11)9-18-8-15(7-17)19-10-14(18)4/h5-6,14-15H,7-10H2,1-4H3. The van der Waals surface area contributed by atoms with Gasteiger partial charge in [-0.25, -0.2) is 0 Å². The highest BCUT2D eigenvalue weighted by atomic mass is 79.9. The maximum absolute atomic E-state index is 5.80. The number of hydrogen-bond donors (Lipinski definition) is 0. The summed E-state index contributed by atoms with van der Waals surface area (Å²) in [6.45, 7) is 11.8. The summed E-state index contributed by atoms with van der Waals surface area (Å²) in [5.41, 5.74) is 5.65. The fourth-order valence-electron chi connectivity index (χ4n) is 2.85.